The molecule has 0 spiro atoms. The lowest BCUT2D eigenvalue weighted by atomic mass is 10.1. The Bertz CT molecular complexity index is 1800. The van der Waals surface area contributed by atoms with Gasteiger partial charge in [0.1, 0.15) is 0 Å². The van der Waals surface area contributed by atoms with E-state index < -0.39 is 0 Å². The summed E-state index contributed by atoms with van der Waals surface area (Å²) in [5, 5.41) is 2.36. The zero-order valence-electron chi connectivity index (χ0n) is 20.0. The molecule has 0 atom stereocenters. The van der Waals surface area contributed by atoms with E-state index in [0.717, 1.165) is 27.9 Å². The standard InChI is InChI=1S/C33H22N4/c1-4-12-23(13-5-1)31-34-32(24-14-6-2-7-15-24)36-33(35-31)25-20-21-30-28(22-25)27-18-10-11-19-29(27)37(30)26-16-8-3-9-17-26/h1-22H. The molecule has 0 saturated heterocycles. The van der Waals surface area contributed by atoms with Crippen LogP contribution in [0.15, 0.2) is 133 Å². The molecule has 0 radical (unpaired) electrons. The SMILES string of the molecule is c1ccc(-c2nc(-c3ccccc3)nc(-c3ccc4c(c3)c3ccccc3n4-c3ccccc3)n2)cc1. The third-order valence-electron chi connectivity index (χ3n) is 6.64. The van der Waals surface area contributed by atoms with Gasteiger partial charge in [0, 0.05) is 33.2 Å². The minimum Gasteiger partial charge on any atom is -0.309 e. The molecule has 0 N–H and O–H groups in total. The summed E-state index contributed by atoms with van der Waals surface area (Å²) in [6.07, 6.45) is 0. The lowest BCUT2D eigenvalue weighted by Gasteiger charge is -2.09. The van der Waals surface area contributed by atoms with Crippen LogP contribution in [0.5, 0.6) is 0 Å². The largest absolute Gasteiger partial charge is 0.309 e. The van der Waals surface area contributed by atoms with Gasteiger partial charge in [-0.3, -0.25) is 0 Å². The van der Waals surface area contributed by atoms with Crippen LogP contribution in [0.2, 0.25) is 0 Å². The van der Waals surface area contributed by atoms with Crippen LogP contribution >= 0.6 is 0 Å². The van der Waals surface area contributed by atoms with Gasteiger partial charge in [-0.25, -0.2) is 15.0 Å². The van der Waals surface area contributed by atoms with Crippen LogP contribution in [0.1, 0.15) is 0 Å². The molecule has 0 aliphatic heterocycles. The highest BCUT2D eigenvalue weighted by Crippen LogP contribution is 2.34. The Morgan fingerprint density at radius 2 is 0.865 bits per heavy atom. The molecule has 0 fully saturated rings. The average molecular weight is 475 g/mol. The molecule has 0 bridgehead atoms. The van der Waals surface area contributed by atoms with E-state index in [9.17, 15) is 0 Å². The monoisotopic (exact) mass is 474 g/mol. The van der Waals surface area contributed by atoms with Crippen LogP contribution in [0.25, 0.3) is 61.7 Å². The summed E-state index contributed by atoms with van der Waals surface area (Å²) in [5.41, 5.74) is 6.35. The van der Waals surface area contributed by atoms with E-state index in [1.54, 1.807) is 0 Å². The van der Waals surface area contributed by atoms with Crippen LogP contribution < -0.4 is 0 Å². The fourth-order valence-corrected chi connectivity index (χ4v) is 4.90. The molecule has 7 aromatic rings. The zero-order valence-corrected chi connectivity index (χ0v) is 20.0. The van der Waals surface area contributed by atoms with Gasteiger partial charge in [-0.1, -0.05) is 97.1 Å². The average Bonchev–Trinajstić information content (AvgIpc) is 3.32. The number of fused-ring (bicyclic) bond motifs is 3. The van der Waals surface area contributed by atoms with Crippen molar-refractivity contribution in [2.75, 3.05) is 0 Å². The Labute approximate surface area is 214 Å². The van der Waals surface area contributed by atoms with Crippen molar-refractivity contribution in [3.8, 4) is 39.9 Å². The number of hydrogen-bond donors (Lipinski definition) is 0. The summed E-state index contributed by atoms with van der Waals surface area (Å²) in [5.74, 6) is 1.98. The maximum absolute atomic E-state index is 4.92. The first-order valence-corrected chi connectivity index (χ1v) is 12.3. The molecular weight excluding hydrogens is 452 g/mol. The normalized spacial score (nSPS) is 11.2. The molecular formula is C33H22N4. The zero-order chi connectivity index (χ0) is 24.6. The summed E-state index contributed by atoms with van der Waals surface area (Å²) in [6, 6.07) is 45.7. The van der Waals surface area contributed by atoms with Crippen LogP contribution in [-0.2, 0) is 0 Å². The molecule has 2 aromatic heterocycles. The summed E-state index contributed by atoms with van der Waals surface area (Å²) < 4.78 is 2.31. The molecule has 4 nitrogen and oxygen atoms in total. The maximum atomic E-state index is 4.92. The first-order valence-electron chi connectivity index (χ1n) is 12.3. The third-order valence-corrected chi connectivity index (χ3v) is 6.64. The Kier molecular flexibility index (Phi) is 5.07. The smallest absolute Gasteiger partial charge is 0.164 e. The van der Waals surface area contributed by atoms with Crippen LogP contribution in [0.4, 0.5) is 0 Å². The van der Waals surface area contributed by atoms with E-state index >= 15 is 0 Å². The number of aromatic nitrogens is 4. The number of para-hydroxylation sites is 2. The van der Waals surface area contributed by atoms with E-state index in [4.69, 9.17) is 15.0 Å². The highest BCUT2D eigenvalue weighted by atomic mass is 15.0. The van der Waals surface area contributed by atoms with Gasteiger partial charge >= 0.3 is 0 Å². The van der Waals surface area contributed by atoms with Crippen molar-refractivity contribution in [2.24, 2.45) is 0 Å². The third kappa shape index (κ3) is 3.76. The second kappa shape index (κ2) is 8.85. The topological polar surface area (TPSA) is 43.6 Å². The summed E-state index contributed by atoms with van der Waals surface area (Å²) in [6.45, 7) is 0. The maximum Gasteiger partial charge on any atom is 0.164 e. The number of rotatable bonds is 4. The van der Waals surface area contributed by atoms with E-state index in [1.165, 1.54) is 16.3 Å². The molecule has 37 heavy (non-hydrogen) atoms. The fourth-order valence-electron chi connectivity index (χ4n) is 4.90. The quantitative estimate of drug-likeness (QED) is 0.260. The lowest BCUT2D eigenvalue weighted by molar-refractivity contribution is 1.07. The number of nitrogens with zero attached hydrogens (tertiary/aromatic N) is 4. The molecule has 4 heteroatoms. The van der Waals surface area contributed by atoms with Gasteiger partial charge in [0.25, 0.3) is 0 Å². The van der Waals surface area contributed by atoms with Crippen molar-refractivity contribution >= 4 is 21.8 Å². The molecule has 2 heterocycles. The molecule has 7 rings (SSSR count). The first-order chi connectivity index (χ1) is 18.3. The van der Waals surface area contributed by atoms with Gasteiger partial charge in [0.15, 0.2) is 17.5 Å². The van der Waals surface area contributed by atoms with E-state index in [2.05, 4.69) is 71.3 Å². The van der Waals surface area contributed by atoms with Crippen molar-refractivity contribution in [3.63, 3.8) is 0 Å². The molecule has 0 amide bonds. The second-order valence-corrected chi connectivity index (χ2v) is 8.96. The molecule has 174 valence electrons. The summed E-state index contributed by atoms with van der Waals surface area (Å²) in [4.78, 5) is 14.7. The molecule has 0 aliphatic carbocycles. The predicted molar refractivity (Wildman–Crippen MR) is 150 cm³/mol. The van der Waals surface area contributed by atoms with Crippen molar-refractivity contribution in [1.82, 2.24) is 19.5 Å². The molecule has 0 unspecified atom stereocenters. The van der Waals surface area contributed by atoms with Crippen molar-refractivity contribution in [3.05, 3.63) is 133 Å². The molecule has 0 aliphatic rings. The Morgan fingerprint density at radius 1 is 0.378 bits per heavy atom. The molecule has 0 saturated carbocycles. The Hall–Kier alpha value is -5.09. The predicted octanol–water partition coefficient (Wildman–Crippen LogP) is 7.97. The van der Waals surface area contributed by atoms with Gasteiger partial charge in [-0.05, 0) is 36.4 Å². The van der Waals surface area contributed by atoms with Gasteiger partial charge in [0.2, 0.25) is 0 Å². The Balaban J connectivity index is 1.46. The molecule has 5 aromatic carbocycles. The van der Waals surface area contributed by atoms with Gasteiger partial charge < -0.3 is 4.57 Å². The second-order valence-electron chi connectivity index (χ2n) is 8.96. The van der Waals surface area contributed by atoms with Crippen LogP contribution in [0.3, 0.4) is 0 Å². The summed E-state index contributed by atoms with van der Waals surface area (Å²) in [7, 11) is 0. The summed E-state index contributed by atoms with van der Waals surface area (Å²) >= 11 is 0. The van der Waals surface area contributed by atoms with Gasteiger partial charge in [-0.15, -0.1) is 0 Å². The van der Waals surface area contributed by atoms with E-state index in [0.29, 0.717) is 17.5 Å². The van der Waals surface area contributed by atoms with Crippen molar-refractivity contribution in [1.29, 1.82) is 0 Å². The first kappa shape index (κ1) is 21.2. The Morgan fingerprint density at radius 3 is 1.49 bits per heavy atom. The minimum atomic E-state index is 0.658. The van der Waals surface area contributed by atoms with Gasteiger partial charge in [0.05, 0.1) is 11.0 Å². The van der Waals surface area contributed by atoms with E-state index in [1.807, 2.05) is 66.7 Å². The fraction of sp³-hybridized carbons (Fsp3) is 0. The van der Waals surface area contributed by atoms with Crippen LogP contribution in [0, 0.1) is 0 Å². The van der Waals surface area contributed by atoms with Crippen molar-refractivity contribution < 1.29 is 0 Å². The highest BCUT2D eigenvalue weighted by molar-refractivity contribution is 6.10. The highest BCUT2D eigenvalue weighted by Gasteiger charge is 2.16. The van der Waals surface area contributed by atoms with Gasteiger partial charge in [-0.2, -0.15) is 0 Å². The number of hydrogen-bond acceptors (Lipinski definition) is 3. The number of benzene rings is 5. The lowest BCUT2D eigenvalue weighted by Crippen LogP contribution is -2.00. The van der Waals surface area contributed by atoms with Crippen molar-refractivity contribution in [2.45, 2.75) is 0 Å². The minimum absolute atomic E-state index is 0.658. The van der Waals surface area contributed by atoms with E-state index in [-0.39, 0.29) is 0 Å². The van der Waals surface area contributed by atoms with Crippen LogP contribution in [-0.4, -0.2) is 19.5 Å².